The van der Waals surface area contributed by atoms with Crippen LogP contribution in [0.1, 0.15) is 11.1 Å². The summed E-state index contributed by atoms with van der Waals surface area (Å²) in [6.45, 7) is 0.837. The van der Waals surface area contributed by atoms with Gasteiger partial charge in [-0.05, 0) is 18.4 Å². The van der Waals surface area contributed by atoms with Crippen molar-refractivity contribution in [1.82, 2.24) is 5.32 Å². The number of thioether (sulfide) groups is 1. The van der Waals surface area contributed by atoms with Gasteiger partial charge in [-0.3, -0.25) is 0 Å². The molecule has 1 aromatic carbocycles. The van der Waals surface area contributed by atoms with Crippen LogP contribution in [0, 0.1) is 23.0 Å². The zero-order valence-corrected chi connectivity index (χ0v) is 9.70. The first-order chi connectivity index (χ1) is 7.69. The predicted octanol–water partition coefficient (Wildman–Crippen LogP) is 2.29. The summed E-state index contributed by atoms with van der Waals surface area (Å²) in [5.41, 5.74) is -0.0111. The third-order valence-electron chi connectivity index (χ3n) is 2.05. The number of halogens is 2. The molecule has 0 saturated heterocycles. The highest BCUT2D eigenvalue weighted by atomic mass is 32.2. The van der Waals surface area contributed by atoms with Gasteiger partial charge >= 0.3 is 0 Å². The summed E-state index contributed by atoms with van der Waals surface area (Å²) in [4.78, 5) is 0. The quantitative estimate of drug-likeness (QED) is 0.805. The van der Waals surface area contributed by atoms with Gasteiger partial charge in [0, 0.05) is 24.4 Å². The van der Waals surface area contributed by atoms with Crippen molar-refractivity contribution in [2.75, 3.05) is 18.6 Å². The summed E-state index contributed by atoms with van der Waals surface area (Å²) in [5.74, 6) is -0.458. The molecule has 0 unspecified atom stereocenters. The second-order valence-electron chi connectivity index (χ2n) is 3.20. The van der Waals surface area contributed by atoms with Crippen LogP contribution in [0.4, 0.5) is 8.78 Å². The van der Waals surface area contributed by atoms with Crippen molar-refractivity contribution in [3.8, 4) is 6.07 Å². The Morgan fingerprint density at radius 3 is 2.50 bits per heavy atom. The van der Waals surface area contributed by atoms with Crippen LogP contribution in [0.25, 0.3) is 0 Å². The molecule has 5 heteroatoms. The number of nitrogens with one attached hydrogen (secondary N) is 1. The smallest absolute Gasteiger partial charge is 0.131 e. The van der Waals surface area contributed by atoms with Crippen LogP contribution in [-0.2, 0) is 6.54 Å². The second kappa shape index (κ2) is 6.46. The van der Waals surface area contributed by atoms with E-state index in [2.05, 4.69) is 5.32 Å². The molecule has 0 spiro atoms. The number of benzene rings is 1. The number of nitriles is 1. The molecule has 86 valence electrons. The molecule has 2 nitrogen and oxygen atoms in total. The Morgan fingerprint density at radius 2 is 2.00 bits per heavy atom. The van der Waals surface area contributed by atoms with Crippen molar-refractivity contribution in [1.29, 1.82) is 5.26 Å². The standard InChI is InChI=1S/C11H12F2N2S/c1-16-3-2-15-7-9-10(12)4-8(6-14)5-11(9)13/h4-5,15H,2-3,7H2,1H3. The van der Waals surface area contributed by atoms with Crippen LogP contribution in [0.3, 0.4) is 0 Å². The lowest BCUT2D eigenvalue weighted by Crippen LogP contribution is -2.18. The molecule has 0 atom stereocenters. The van der Waals surface area contributed by atoms with Gasteiger partial charge in [0.2, 0.25) is 0 Å². The fourth-order valence-corrected chi connectivity index (χ4v) is 1.57. The molecule has 0 aliphatic carbocycles. The summed E-state index contributed by atoms with van der Waals surface area (Å²) in [6.07, 6.45) is 1.96. The van der Waals surface area contributed by atoms with Gasteiger partial charge in [-0.1, -0.05) is 0 Å². The van der Waals surface area contributed by atoms with Gasteiger partial charge in [-0.2, -0.15) is 17.0 Å². The number of rotatable bonds is 5. The molecule has 0 saturated carbocycles. The first-order valence-electron chi connectivity index (χ1n) is 4.76. The minimum absolute atomic E-state index is 0.00265. The van der Waals surface area contributed by atoms with Gasteiger partial charge in [0.1, 0.15) is 11.6 Å². The molecule has 1 aromatic rings. The predicted molar refractivity (Wildman–Crippen MR) is 61.2 cm³/mol. The monoisotopic (exact) mass is 242 g/mol. The summed E-state index contributed by atoms with van der Waals surface area (Å²) in [5, 5.41) is 11.5. The highest BCUT2D eigenvalue weighted by molar-refractivity contribution is 7.98. The third-order valence-corrected chi connectivity index (χ3v) is 2.67. The van der Waals surface area contributed by atoms with E-state index in [1.165, 1.54) is 0 Å². The van der Waals surface area contributed by atoms with Crippen molar-refractivity contribution in [3.63, 3.8) is 0 Å². The fraction of sp³-hybridized carbons (Fsp3) is 0.364. The average Bonchev–Trinajstić information content (AvgIpc) is 2.26. The van der Waals surface area contributed by atoms with Crippen molar-refractivity contribution < 1.29 is 8.78 Å². The highest BCUT2D eigenvalue weighted by Crippen LogP contribution is 2.14. The molecule has 0 fully saturated rings. The molecule has 1 N–H and O–H groups in total. The Bertz CT molecular complexity index is 378. The lowest BCUT2D eigenvalue weighted by atomic mass is 10.1. The Labute approximate surface area is 97.7 Å². The minimum Gasteiger partial charge on any atom is -0.312 e. The molecule has 16 heavy (non-hydrogen) atoms. The summed E-state index contributed by atoms with van der Waals surface area (Å²) in [7, 11) is 0. The van der Waals surface area contributed by atoms with Crippen LogP contribution in [0.2, 0.25) is 0 Å². The summed E-state index contributed by atoms with van der Waals surface area (Å²) >= 11 is 1.66. The SMILES string of the molecule is CSCCNCc1c(F)cc(C#N)cc1F. The van der Waals surface area contributed by atoms with E-state index >= 15 is 0 Å². The third kappa shape index (κ3) is 3.47. The first-order valence-corrected chi connectivity index (χ1v) is 6.16. The van der Waals surface area contributed by atoms with E-state index in [-0.39, 0.29) is 17.7 Å². The maximum atomic E-state index is 13.4. The number of hydrogen-bond acceptors (Lipinski definition) is 3. The number of hydrogen-bond donors (Lipinski definition) is 1. The summed E-state index contributed by atoms with van der Waals surface area (Å²) < 4.78 is 26.7. The van der Waals surface area contributed by atoms with Gasteiger partial charge in [-0.15, -0.1) is 0 Å². The molecule has 0 amide bonds. The molecule has 0 heterocycles. The Balaban J connectivity index is 2.70. The van der Waals surface area contributed by atoms with Crippen molar-refractivity contribution in [2.45, 2.75) is 6.54 Å². The van der Waals surface area contributed by atoms with Gasteiger partial charge in [0.05, 0.1) is 11.6 Å². The molecule has 0 aliphatic heterocycles. The van der Waals surface area contributed by atoms with Crippen molar-refractivity contribution in [3.05, 3.63) is 34.9 Å². The number of nitrogens with zero attached hydrogens (tertiary/aromatic N) is 1. The highest BCUT2D eigenvalue weighted by Gasteiger charge is 2.10. The van der Waals surface area contributed by atoms with E-state index in [0.29, 0.717) is 6.54 Å². The molecular weight excluding hydrogens is 230 g/mol. The minimum atomic E-state index is -0.673. The molecule has 0 aromatic heterocycles. The Morgan fingerprint density at radius 1 is 1.38 bits per heavy atom. The van der Waals surface area contributed by atoms with E-state index in [4.69, 9.17) is 5.26 Å². The van der Waals surface area contributed by atoms with E-state index in [0.717, 1.165) is 17.9 Å². The van der Waals surface area contributed by atoms with Crippen LogP contribution in [0.5, 0.6) is 0 Å². The topological polar surface area (TPSA) is 35.8 Å². The van der Waals surface area contributed by atoms with E-state index in [9.17, 15) is 8.78 Å². The largest absolute Gasteiger partial charge is 0.312 e. The molecule has 1 rings (SSSR count). The molecule has 0 bridgehead atoms. The van der Waals surface area contributed by atoms with Crippen LogP contribution in [-0.4, -0.2) is 18.6 Å². The van der Waals surface area contributed by atoms with Crippen LogP contribution < -0.4 is 5.32 Å². The lowest BCUT2D eigenvalue weighted by molar-refractivity contribution is 0.539. The second-order valence-corrected chi connectivity index (χ2v) is 4.19. The summed E-state index contributed by atoms with van der Waals surface area (Å²) in [6, 6.07) is 3.81. The van der Waals surface area contributed by atoms with Crippen LogP contribution in [0.15, 0.2) is 12.1 Å². The van der Waals surface area contributed by atoms with E-state index in [1.807, 2.05) is 6.26 Å². The van der Waals surface area contributed by atoms with Crippen molar-refractivity contribution in [2.24, 2.45) is 0 Å². The van der Waals surface area contributed by atoms with E-state index < -0.39 is 11.6 Å². The van der Waals surface area contributed by atoms with Gasteiger partial charge in [0.25, 0.3) is 0 Å². The molecular formula is C11H12F2N2S. The molecule has 0 radical (unpaired) electrons. The van der Waals surface area contributed by atoms with Gasteiger partial charge < -0.3 is 5.32 Å². The Kier molecular flexibility index (Phi) is 5.23. The maximum absolute atomic E-state index is 13.4. The van der Waals surface area contributed by atoms with Gasteiger partial charge in [0.15, 0.2) is 0 Å². The Hall–Kier alpha value is -1.12. The zero-order chi connectivity index (χ0) is 12.0. The normalized spacial score (nSPS) is 10.1. The lowest BCUT2D eigenvalue weighted by Gasteiger charge is -2.06. The van der Waals surface area contributed by atoms with Crippen LogP contribution >= 0.6 is 11.8 Å². The van der Waals surface area contributed by atoms with E-state index in [1.54, 1.807) is 17.8 Å². The zero-order valence-electron chi connectivity index (χ0n) is 8.89. The van der Waals surface area contributed by atoms with Crippen molar-refractivity contribution >= 4 is 11.8 Å². The first kappa shape index (κ1) is 12.9. The molecule has 0 aliphatic rings. The maximum Gasteiger partial charge on any atom is 0.131 e. The average molecular weight is 242 g/mol. The van der Waals surface area contributed by atoms with Gasteiger partial charge in [-0.25, -0.2) is 8.78 Å². The fourth-order valence-electron chi connectivity index (χ4n) is 1.22.